The molecule has 29 heavy (non-hydrogen) atoms. The summed E-state index contributed by atoms with van der Waals surface area (Å²) in [7, 11) is 0. The molecule has 156 valence electrons. The molecule has 1 aromatic carbocycles. The summed E-state index contributed by atoms with van der Waals surface area (Å²) in [6, 6.07) is 9.14. The van der Waals surface area contributed by atoms with Crippen LogP contribution in [0.3, 0.4) is 0 Å². The van der Waals surface area contributed by atoms with Gasteiger partial charge in [-0.1, -0.05) is 18.2 Å². The average molecular weight is 392 g/mol. The van der Waals surface area contributed by atoms with Crippen LogP contribution >= 0.6 is 0 Å². The van der Waals surface area contributed by atoms with Crippen LogP contribution in [0, 0.1) is 19.8 Å². The molecule has 2 aliphatic rings. The largest absolute Gasteiger partial charge is 0.303 e. The molecule has 0 spiro atoms. The first-order valence-electron chi connectivity index (χ1n) is 11.6. The highest BCUT2D eigenvalue weighted by Gasteiger charge is 2.23. The van der Waals surface area contributed by atoms with Crippen LogP contribution in [0.1, 0.15) is 47.1 Å². The maximum atomic E-state index is 4.24. The first kappa shape index (κ1) is 20.6. The number of likely N-dealkylation sites (tertiary alicyclic amines) is 1. The number of benzene rings is 1. The van der Waals surface area contributed by atoms with Gasteiger partial charge in [0.15, 0.2) is 0 Å². The van der Waals surface area contributed by atoms with E-state index in [-0.39, 0.29) is 0 Å². The molecule has 2 aliphatic heterocycles. The van der Waals surface area contributed by atoms with E-state index in [0.29, 0.717) is 0 Å². The second-order valence-corrected chi connectivity index (χ2v) is 9.28. The minimum absolute atomic E-state index is 0.840. The summed E-state index contributed by atoms with van der Waals surface area (Å²) in [6.07, 6.45) is 11.5. The van der Waals surface area contributed by atoms with Crippen LogP contribution in [0.25, 0.3) is 0 Å². The van der Waals surface area contributed by atoms with Gasteiger partial charge in [0.2, 0.25) is 0 Å². The van der Waals surface area contributed by atoms with Crippen molar-refractivity contribution in [2.24, 2.45) is 5.92 Å². The van der Waals surface area contributed by atoms with Gasteiger partial charge in [0.25, 0.3) is 0 Å². The van der Waals surface area contributed by atoms with Crippen molar-refractivity contribution < 1.29 is 0 Å². The monoisotopic (exact) mass is 391 g/mol. The molecule has 3 nitrogen and oxygen atoms in total. The molecule has 0 amide bonds. The first-order valence-corrected chi connectivity index (χ1v) is 11.6. The van der Waals surface area contributed by atoms with E-state index >= 15 is 0 Å². The van der Waals surface area contributed by atoms with Crippen molar-refractivity contribution in [3.05, 3.63) is 64.5 Å². The van der Waals surface area contributed by atoms with Crippen molar-refractivity contribution >= 4 is 0 Å². The molecule has 1 aromatic heterocycles. The van der Waals surface area contributed by atoms with Crippen LogP contribution in [0.2, 0.25) is 0 Å². The van der Waals surface area contributed by atoms with Gasteiger partial charge in [-0.3, -0.25) is 4.98 Å². The highest BCUT2D eigenvalue weighted by atomic mass is 15.2. The third-order valence-corrected chi connectivity index (χ3v) is 6.99. The molecular formula is C26H37N3. The number of hydrogen-bond donors (Lipinski definition) is 0. The van der Waals surface area contributed by atoms with E-state index in [9.17, 15) is 0 Å². The van der Waals surface area contributed by atoms with Crippen LogP contribution < -0.4 is 0 Å². The van der Waals surface area contributed by atoms with Crippen molar-refractivity contribution in [2.45, 2.75) is 52.4 Å². The minimum atomic E-state index is 0.840. The Morgan fingerprint density at radius 1 is 1.00 bits per heavy atom. The number of aromatic nitrogens is 1. The summed E-state index contributed by atoms with van der Waals surface area (Å²) >= 11 is 0. The highest BCUT2D eigenvalue weighted by Crippen LogP contribution is 2.23. The van der Waals surface area contributed by atoms with E-state index in [4.69, 9.17) is 0 Å². The zero-order valence-electron chi connectivity index (χ0n) is 18.4. The van der Waals surface area contributed by atoms with Gasteiger partial charge in [-0.05, 0) is 105 Å². The molecule has 0 bridgehead atoms. The molecule has 1 fully saturated rings. The second-order valence-electron chi connectivity index (χ2n) is 9.28. The predicted molar refractivity (Wildman–Crippen MR) is 121 cm³/mol. The Bertz CT molecular complexity index is 753. The van der Waals surface area contributed by atoms with Crippen molar-refractivity contribution in [1.82, 2.24) is 14.8 Å². The highest BCUT2D eigenvalue weighted by molar-refractivity contribution is 5.38. The van der Waals surface area contributed by atoms with Gasteiger partial charge < -0.3 is 9.80 Å². The Labute approximate surface area is 177 Å². The molecule has 1 unspecified atom stereocenters. The van der Waals surface area contributed by atoms with Crippen LogP contribution in [0.4, 0.5) is 0 Å². The smallest absolute Gasteiger partial charge is 0.0299 e. The molecule has 2 aromatic rings. The number of piperidine rings is 1. The van der Waals surface area contributed by atoms with E-state index in [1.807, 2.05) is 18.5 Å². The second kappa shape index (κ2) is 9.86. The summed E-state index contributed by atoms with van der Waals surface area (Å²) in [5.41, 5.74) is 7.46. The summed E-state index contributed by atoms with van der Waals surface area (Å²) in [4.78, 5) is 9.70. The van der Waals surface area contributed by atoms with Crippen LogP contribution in [0.5, 0.6) is 0 Å². The molecule has 3 heterocycles. The van der Waals surface area contributed by atoms with Crippen molar-refractivity contribution in [3.63, 3.8) is 0 Å². The number of fused-ring (bicyclic) bond motifs is 1. The first-order chi connectivity index (χ1) is 14.2. The maximum Gasteiger partial charge on any atom is 0.0299 e. The Morgan fingerprint density at radius 2 is 1.76 bits per heavy atom. The number of pyridine rings is 1. The summed E-state index contributed by atoms with van der Waals surface area (Å²) in [5, 5.41) is 0. The summed E-state index contributed by atoms with van der Waals surface area (Å²) < 4.78 is 0. The summed E-state index contributed by atoms with van der Waals surface area (Å²) in [6.45, 7) is 12.1. The number of aryl methyl sites for hydroxylation is 3. The van der Waals surface area contributed by atoms with Gasteiger partial charge in [-0.25, -0.2) is 0 Å². The number of hydrogen-bond acceptors (Lipinski definition) is 3. The Morgan fingerprint density at radius 3 is 2.45 bits per heavy atom. The van der Waals surface area contributed by atoms with Crippen LogP contribution in [0.15, 0.2) is 36.7 Å². The van der Waals surface area contributed by atoms with Gasteiger partial charge in [-0.2, -0.15) is 0 Å². The molecular weight excluding hydrogens is 354 g/mol. The van der Waals surface area contributed by atoms with Gasteiger partial charge in [0, 0.05) is 38.6 Å². The fraction of sp³-hybridized carbons (Fsp3) is 0.577. The van der Waals surface area contributed by atoms with Crippen molar-refractivity contribution in [3.8, 4) is 0 Å². The molecule has 0 radical (unpaired) electrons. The lowest BCUT2D eigenvalue weighted by molar-refractivity contribution is 0.134. The quantitative estimate of drug-likeness (QED) is 0.725. The normalized spacial score (nSPS) is 21.0. The van der Waals surface area contributed by atoms with E-state index < -0.39 is 0 Å². The Hall–Kier alpha value is -1.71. The fourth-order valence-corrected chi connectivity index (χ4v) is 5.17. The standard InChI is InChI=1S/C26H37N3/c1-21-16-25-9-14-29(15-10-26(25)17-22(21)2)20-24-8-5-13-28(19-24)12-4-7-23-6-3-11-27-18-23/h3,6,11,16-18,24H,4-5,7-10,12-15,19-20H2,1-2H3. The molecule has 0 N–H and O–H groups in total. The molecule has 3 heteroatoms. The summed E-state index contributed by atoms with van der Waals surface area (Å²) in [5.74, 6) is 0.840. The molecule has 1 saturated heterocycles. The number of rotatable bonds is 6. The van der Waals surface area contributed by atoms with Crippen molar-refractivity contribution in [2.75, 3.05) is 39.3 Å². The average Bonchev–Trinajstić information content (AvgIpc) is 2.92. The lowest BCUT2D eigenvalue weighted by Gasteiger charge is -2.35. The molecule has 4 rings (SSSR count). The SMILES string of the molecule is Cc1cc2c(cc1C)CCN(CC1CCCN(CCCc3cccnc3)C1)CC2. The molecule has 0 saturated carbocycles. The fourth-order valence-electron chi connectivity index (χ4n) is 5.17. The maximum absolute atomic E-state index is 4.24. The molecule has 1 atom stereocenters. The van der Waals surface area contributed by atoms with Crippen molar-refractivity contribution in [1.29, 1.82) is 0 Å². The third-order valence-electron chi connectivity index (χ3n) is 6.99. The zero-order chi connectivity index (χ0) is 20.1. The topological polar surface area (TPSA) is 19.4 Å². The van der Waals surface area contributed by atoms with Gasteiger partial charge >= 0.3 is 0 Å². The lowest BCUT2D eigenvalue weighted by Crippen LogP contribution is -2.42. The van der Waals surface area contributed by atoms with E-state index in [1.165, 1.54) is 88.1 Å². The number of nitrogens with zero attached hydrogens (tertiary/aromatic N) is 3. The Kier molecular flexibility index (Phi) is 6.99. The van der Waals surface area contributed by atoms with E-state index in [1.54, 1.807) is 11.1 Å². The third kappa shape index (κ3) is 5.67. The van der Waals surface area contributed by atoms with Gasteiger partial charge in [0.05, 0.1) is 0 Å². The minimum Gasteiger partial charge on any atom is -0.303 e. The van der Waals surface area contributed by atoms with Gasteiger partial charge in [-0.15, -0.1) is 0 Å². The Balaban J connectivity index is 1.24. The van der Waals surface area contributed by atoms with E-state index in [2.05, 4.69) is 46.8 Å². The van der Waals surface area contributed by atoms with Gasteiger partial charge in [0.1, 0.15) is 0 Å². The predicted octanol–water partition coefficient (Wildman–Crippen LogP) is 4.44. The van der Waals surface area contributed by atoms with Crippen LogP contribution in [-0.4, -0.2) is 54.1 Å². The van der Waals surface area contributed by atoms with E-state index in [0.717, 1.165) is 12.3 Å². The van der Waals surface area contributed by atoms with Crippen LogP contribution in [-0.2, 0) is 19.3 Å². The molecule has 0 aliphatic carbocycles. The lowest BCUT2D eigenvalue weighted by atomic mass is 9.97. The zero-order valence-corrected chi connectivity index (χ0v) is 18.4.